The Balaban J connectivity index is 2.07. The van der Waals surface area contributed by atoms with E-state index in [2.05, 4.69) is 37.4 Å². The molecule has 1 heterocycles. The van der Waals surface area contributed by atoms with E-state index in [9.17, 15) is 0 Å². The second-order valence-corrected chi connectivity index (χ2v) is 4.49. The molecule has 1 N–H and O–H groups in total. The van der Waals surface area contributed by atoms with Gasteiger partial charge in [0.15, 0.2) is 0 Å². The van der Waals surface area contributed by atoms with Crippen molar-refractivity contribution in [3.05, 3.63) is 34.9 Å². The van der Waals surface area contributed by atoms with Gasteiger partial charge >= 0.3 is 0 Å². The number of hydrogen-bond donors (Lipinski definition) is 1. The van der Waals surface area contributed by atoms with Crippen LogP contribution >= 0.6 is 0 Å². The molecule has 1 fully saturated rings. The maximum atomic E-state index is 3.54. The third-order valence-electron chi connectivity index (χ3n) is 2.93. The number of hydrogen-bond acceptors (Lipinski definition) is 1. The Kier molecular flexibility index (Phi) is 2.87. The van der Waals surface area contributed by atoms with Gasteiger partial charge in [0, 0.05) is 6.04 Å². The normalized spacial score (nSPS) is 21.4. The van der Waals surface area contributed by atoms with Crippen molar-refractivity contribution >= 4 is 0 Å². The molecule has 1 saturated heterocycles. The second-order valence-electron chi connectivity index (χ2n) is 4.49. The third-order valence-corrected chi connectivity index (χ3v) is 2.93. The van der Waals surface area contributed by atoms with Crippen LogP contribution in [0.3, 0.4) is 0 Å². The zero-order valence-electron chi connectivity index (χ0n) is 9.14. The Labute approximate surface area is 86.5 Å². The van der Waals surface area contributed by atoms with Crippen molar-refractivity contribution in [3.8, 4) is 0 Å². The highest BCUT2D eigenvalue weighted by molar-refractivity contribution is 5.29. The topological polar surface area (TPSA) is 12.0 Å². The molecule has 1 aromatic rings. The van der Waals surface area contributed by atoms with E-state index < -0.39 is 0 Å². The lowest BCUT2D eigenvalue weighted by Gasteiger charge is -2.11. The van der Waals surface area contributed by atoms with Crippen molar-refractivity contribution in [3.63, 3.8) is 0 Å². The molecule has 0 unspecified atom stereocenters. The van der Waals surface area contributed by atoms with Crippen molar-refractivity contribution in [2.24, 2.45) is 0 Å². The van der Waals surface area contributed by atoms with E-state index in [4.69, 9.17) is 0 Å². The largest absolute Gasteiger partial charge is 0.314 e. The van der Waals surface area contributed by atoms with Crippen LogP contribution in [0.5, 0.6) is 0 Å². The first-order valence-corrected chi connectivity index (χ1v) is 5.54. The summed E-state index contributed by atoms with van der Waals surface area (Å²) in [5, 5.41) is 3.54. The molecule has 0 aromatic heterocycles. The van der Waals surface area contributed by atoms with Crippen LogP contribution in [0.2, 0.25) is 0 Å². The molecular formula is C13H19N. The van der Waals surface area contributed by atoms with Gasteiger partial charge < -0.3 is 5.32 Å². The van der Waals surface area contributed by atoms with Gasteiger partial charge in [0.1, 0.15) is 0 Å². The van der Waals surface area contributed by atoms with Gasteiger partial charge in [0.2, 0.25) is 0 Å². The number of rotatable bonds is 2. The minimum atomic E-state index is 0.719. The Morgan fingerprint density at radius 3 is 2.50 bits per heavy atom. The quantitative estimate of drug-likeness (QED) is 0.754. The van der Waals surface area contributed by atoms with Crippen molar-refractivity contribution < 1.29 is 0 Å². The number of aryl methyl sites for hydroxylation is 2. The summed E-state index contributed by atoms with van der Waals surface area (Å²) in [4.78, 5) is 0. The fourth-order valence-corrected chi connectivity index (χ4v) is 2.40. The average Bonchev–Trinajstić information content (AvgIpc) is 2.54. The molecule has 1 nitrogen and oxygen atoms in total. The van der Waals surface area contributed by atoms with Crippen LogP contribution in [-0.2, 0) is 6.42 Å². The summed E-state index contributed by atoms with van der Waals surface area (Å²) in [6.07, 6.45) is 3.88. The maximum Gasteiger partial charge on any atom is 0.0108 e. The number of nitrogens with one attached hydrogen (secondary N) is 1. The van der Waals surface area contributed by atoms with E-state index in [1.54, 1.807) is 0 Å². The van der Waals surface area contributed by atoms with Crippen LogP contribution in [0.1, 0.15) is 29.5 Å². The van der Waals surface area contributed by atoms with Crippen molar-refractivity contribution in [2.75, 3.05) is 6.54 Å². The summed E-state index contributed by atoms with van der Waals surface area (Å²) in [5.41, 5.74) is 4.26. The molecule has 1 aromatic carbocycles. The average molecular weight is 189 g/mol. The second kappa shape index (κ2) is 4.14. The molecule has 0 bridgehead atoms. The molecule has 76 valence electrons. The Bertz CT molecular complexity index is 291. The highest BCUT2D eigenvalue weighted by atomic mass is 14.9. The van der Waals surface area contributed by atoms with E-state index in [1.807, 2.05) is 0 Å². The van der Waals surface area contributed by atoms with E-state index in [1.165, 1.54) is 42.5 Å². The molecule has 0 aliphatic carbocycles. The molecule has 1 aliphatic heterocycles. The summed E-state index contributed by atoms with van der Waals surface area (Å²) in [6, 6.07) is 7.59. The predicted octanol–water partition coefficient (Wildman–Crippen LogP) is 2.60. The zero-order valence-corrected chi connectivity index (χ0v) is 9.14. The van der Waals surface area contributed by atoms with Gasteiger partial charge in [-0.2, -0.15) is 0 Å². The van der Waals surface area contributed by atoms with E-state index in [0.29, 0.717) is 0 Å². The monoisotopic (exact) mass is 189 g/mol. The highest BCUT2D eigenvalue weighted by Crippen LogP contribution is 2.15. The van der Waals surface area contributed by atoms with E-state index in [0.717, 1.165) is 6.04 Å². The fourth-order valence-electron chi connectivity index (χ4n) is 2.40. The number of benzene rings is 1. The van der Waals surface area contributed by atoms with Crippen LogP contribution in [0.4, 0.5) is 0 Å². The van der Waals surface area contributed by atoms with E-state index in [-0.39, 0.29) is 0 Å². The Hall–Kier alpha value is -0.820. The van der Waals surface area contributed by atoms with Gasteiger partial charge in [-0.05, 0) is 45.2 Å². The van der Waals surface area contributed by atoms with Crippen molar-refractivity contribution in [1.82, 2.24) is 5.32 Å². The fraction of sp³-hybridized carbons (Fsp3) is 0.538. The Morgan fingerprint density at radius 1 is 1.21 bits per heavy atom. The van der Waals surface area contributed by atoms with E-state index >= 15 is 0 Å². The summed E-state index contributed by atoms with van der Waals surface area (Å²) in [7, 11) is 0. The summed E-state index contributed by atoms with van der Waals surface area (Å²) in [6.45, 7) is 5.56. The molecule has 0 spiro atoms. The summed E-state index contributed by atoms with van der Waals surface area (Å²) >= 11 is 0. The van der Waals surface area contributed by atoms with Gasteiger partial charge in [0.25, 0.3) is 0 Å². The minimum Gasteiger partial charge on any atom is -0.314 e. The van der Waals surface area contributed by atoms with Crippen molar-refractivity contribution in [2.45, 2.75) is 39.2 Å². The highest BCUT2D eigenvalue weighted by Gasteiger charge is 2.14. The SMILES string of the molecule is Cc1cc(C)cc(C[C@H]2CCCN2)c1. The molecule has 0 amide bonds. The predicted molar refractivity (Wildman–Crippen MR) is 60.6 cm³/mol. The molecule has 2 rings (SSSR count). The van der Waals surface area contributed by atoms with Crippen molar-refractivity contribution in [1.29, 1.82) is 0 Å². The molecule has 14 heavy (non-hydrogen) atoms. The lowest BCUT2D eigenvalue weighted by molar-refractivity contribution is 0.603. The maximum absolute atomic E-state index is 3.54. The van der Waals surface area contributed by atoms with Gasteiger partial charge in [-0.1, -0.05) is 29.3 Å². The van der Waals surface area contributed by atoms with Gasteiger partial charge in [-0.3, -0.25) is 0 Å². The Morgan fingerprint density at radius 2 is 1.93 bits per heavy atom. The first-order chi connectivity index (χ1) is 6.74. The first kappa shape index (κ1) is 9.72. The van der Waals surface area contributed by atoms with Crippen LogP contribution in [0.25, 0.3) is 0 Å². The van der Waals surface area contributed by atoms with Crippen LogP contribution in [0.15, 0.2) is 18.2 Å². The minimum absolute atomic E-state index is 0.719. The molecule has 0 radical (unpaired) electrons. The third kappa shape index (κ3) is 2.36. The molecule has 0 saturated carbocycles. The summed E-state index contributed by atoms with van der Waals surface area (Å²) < 4.78 is 0. The van der Waals surface area contributed by atoms with Gasteiger partial charge in [-0.15, -0.1) is 0 Å². The van der Waals surface area contributed by atoms with Crippen LogP contribution in [-0.4, -0.2) is 12.6 Å². The lowest BCUT2D eigenvalue weighted by Crippen LogP contribution is -2.23. The zero-order chi connectivity index (χ0) is 9.97. The molecule has 1 heteroatoms. The van der Waals surface area contributed by atoms with Gasteiger partial charge in [-0.25, -0.2) is 0 Å². The summed E-state index contributed by atoms with van der Waals surface area (Å²) in [5.74, 6) is 0. The molecule has 1 atom stereocenters. The first-order valence-electron chi connectivity index (χ1n) is 5.54. The van der Waals surface area contributed by atoms with Gasteiger partial charge in [0.05, 0.1) is 0 Å². The molecular weight excluding hydrogens is 170 g/mol. The lowest BCUT2D eigenvalue weighted by atomic mass is 10.0. The smallest absolute Gasteiger partial charge is 0.0108 e. The molecule has 1 aliphatic rings. The standard InChI is InChI=1S/C13H19N/c1-10-6-11(2)8-12(7-10)9-13-4-3-5-14-13/h6-8,13-14H,3-5,9H2,1-2H3/t13-/m1/s1. The van der Waals surface area contributed by atoms with Crippen LogP contribution in [0, 0.1) is 13.8 Å². The van der Waals surface area contributed by atoms with Crippen LogP contribution < -0.4 is 5.32 Å².